The van der Waals surface area contributed by atoms with Crippen molar-refractivity contribution in [1.29, 1.82) is 0 Å². The highest BCUT2D eigenvalue weighted by Gasteiger charge is 2.35. The van der Waals surface area contributed by atoms with Crippen LogP contribution in [0.25, 0.3) is 0 Å². The van der Waals surface area contributed by atoms with Crippen molar-refractivity contribution in [3.63, 3.8) is 0 Å². The van der Waals surface area contributed by atoms with Crippen molar-refractivity contribution in [3.8, 4) is 0 Å². The molecule has 1 saturated heterocycles. The second-order valence-corrected chi connectivity index (χ2v) is 9.44. The molecule has 0 bridgehead atoms. The largest absolute Gasteiger partial charge is 0.344 e. The fourth-order valence-corrected chi connectivity index (χ4v) is 4.26. The van der Waals surface area contributed by atoms with Crippen LogP contribution in [0.4, 0.5) is 0 Å². The summed E-state index contributed by atoms with van der Waals surface area (Å²) in [7, 11) is 2.08. The maximum Gasteiger partial charge on any atom is 0.245 e. The Hall–Kier alpha value is -1.88. The number of hydrogen-bond donors (Lipinski definition) is 1. The van der Waals surface area contributed by atoms with Crippen molar-refractivity contribution < 1.29 is 9.59 Å². The van der Waals surface area contributed by atoms with Crippen molar-refractivity contribution in [3.05, 3.63) is 35.4 Å². The van der Waals surface area contributed by atoms with Gasteiger partial charge in [0.1, 0.15) is 6.04 Å². The molecule has 1 N–H and O–H groups in total. The first kappa shape index (κ1) is 21.8. The second-order valence-electron chi connectivity index (χ2n) is 9.44. The standard InChI is InChI=1S/C24H37N3O2/c1-17(2)15-22(24(29)27-13-11-26(4)12-14-27)25-23(28)16-21(20-9-10-20)19-7-5-18(3)6-8-19/h5-8,17,20-22H,9-16H2,1-4H3,(H,25,28)/t21?,22-/m0/s1. The lowest BCUT2D eigenvalue weighted by atomic mass is 9.90. The molecule has 1 aromatic carbocycles. The number of nitrogens with zero attached hydrogens (tertiary/aromatic N) is 2. The molecule has 29 heavy (non-hydrogen) atoms. The van der Waals surface area contributed by atoms with Gasteiger partial charge in [-0.3, -0.25) is 9.59 Å². The highest BCUT2D eigenvalue weighted by molar-refractivity contribution is 5.88. The maximum absolute atomic E-state index is 13.1. The number of carbonyl (C=O) groups is 2. The van der Waals surface area contributed by atoms with Crippen LogP contribution >= 0.6 is 0 Å². The zero-order valence-corrected chi connectivity index (χ0v) is 18.5. The Balaban J connectivity index is 1.64. The zero-order chi connectivity index (χ0) is 21.0. The van der Waals surface area contributed by atoms with Crippen LogP contribution in [0.5, 0.6) is 0 Å². The molecule has 2 atom stereocenters. The Bertz CT molecular complexity index is 689. The third-order valence-electron chi connectivity index (χ3n) is 6.26. The molecular weight excluding hydrogens is 362 g/mol. The van der Waals surface area contributed by atoms with Crippen LogP contribution in [0.1, 0.15) is 56.6 Å². The van der Waals surface area contributed by atoms with E-state index in [2.05, 4.69) is 62.3 Å². The van der Waals surface area contributed by atoms with E-state index in [1.807, 2.05) is 4.90 Å². The summed E-state index contributed by atoms with van der Waals surface area (Å²) < 4.78 is 0. The van der Waals surface area contributed by atoms with Gasteiger partial charge in [0.05, 0.1) is 0 Å². The Morgan fingerprint density at radius 1 is 1.07 bits per heavy atom. The first-order valence-electron chi connectivity index (χ1n) is 11.2. The predicted molar refractivity (Wildman–Crippen MR) is 117 cm³/mol. The van der Waals surface area contributed by atoms with Gasteiger partial charge in [-0.25, -0.2) is 0 Å². The lowest BCUT2D eigenvalue weighted by molar-refractivity contribution is -0.138. The normalized spacial score (nSPS) is 19.8. The third-order valence-corrected chi connectivity index (χ3v) is 6.26. The molecule has 1 aliphatic heterocycles. The monoisotopic (exact) mass is 399 g/mol. The molecule has 1 saturated carbocycles. The van der Waals surface area contributed by atoms with Crippen LogP contribution in [0, 0.1) is 18.8 Å². The van der Waals surface area contributed by atoms with Crippen LogP contribution in [0.15, 0.2) is 24.3 Å². The topological polar surface area (TPSA) is 52.7 Å². The van der Waals surface area contributed by atoms with Crippen molar-refractivity contribution in [2.75, 3.05) is 33.2 Å². The summed E-state index contributed by atoms with van der Waals surface area (Å²) in [4.78, 5) is 30.2. The van der Waals surface area contributed by atoms with Gasteiger partial charge in [-0.2, -0.15) is 0 Å². The first-order valence-corrected chi connectivity index (χ1v) is 11.2. The predicted octanol–water partition coefficient (Wildman–Crippen LogP) is 3.18. The number of likely N-dealkylation sites (N-methyl/N-ethyl adjacent to an activating group) is 1. The number of hydrogen-bond acceptors (Lipinski definition) is 3. The summed E-state index contributed by atoms with van der Waals surface area (Å²) in [5, 5.41) is 3.11. The summed E-state index contributed by atoms with van der Waals surface area (Å²) in [6.45, 7) is 9.58. The van der Waals surface area contributed by atoms with Gasteiger partial charge in [-0.05, 0) is 56.6 Å². The quantitative estimate of drug-likeness (QED) is 0.730. The molecule has 2 fully saturated rings. The van der Waals surface area contributed by atoms with Gasteiger partial charge in [0, 0.05) is 32.6 Å². The Labute approximate surface area is 175 Å². The van der Waals surface area contributed by atoms with E-state index in [9.17, 15) is 9.59 Å². The van der Waals surface area contributed by atoms with Crippen LogP contribution in [-0.4, -0.2) is 60.9 Å². The molecule has 1 unspecified atom stereocenters. The van der Waals surface area contributed by atoms with Crippen LogP contribution in [0.2, 0.25) is 0 Å². The molecule has 0 radical (unpaired) electrons. The molecular formula is C24H37N3O2. The zero-order valence-electron chi connectivity index (χ0n) is 18.5. The van der Waals surface area contributed by atoms with Crippen LogP contribution < -0.4 is 5.32 Å². The van der Waals surface area contributed by atoms with Crippen molar-refractivity contribution >= 4 is 11.8 Å². The average molecular weight is 400 g/mol. The van der Waals surface area contributed by atoms with E-state index >= 15 is 0 Å². The minimum Gasteiger partial charge on any atom is -0.344 e. The summed E-state index contributed by atoms with van der Waals surface area (Å²) in [6, 6.07) is 8.16. The van der Waals surface area contributed by atoms with Crippen LogP contribution in [0.3, 0.4) is 0 Å². The fraction of sp³-hybridized carbons (Fsp3) is 0.667. The van der Waals surface area contributed by atoms with Gasteiger partial charge in [-0.15, -0.1) is 0 Å². The fourth-order valence-electron chi connectivity index (χ4n) is 4.26. The Morgan fingerprint density at radius 3 is 2.24 bits per heavy atom. The van der Waals surface area contributed by atoms with Gasteiger partial charge < -0.3 is 15.1 Å². The first-order chi connectivity index (χ1) is 13.8. The van der Waals surface area contributed by atoms with E-state index in [0.717, 1.165) is 26.2 Å². The highest BCUT2D eigenvalue weighted by Crippen LogP contribution is 2.44. The van der Waals surface area contributed by atoms with Crippen molar-refractivity contribution in [1.82, 2.24) is 15.1 Å². The van der Waals surface area contributed by atoms with Gasteiger partial charge in [0.2, 0.25) is 11.8 Å². The number of piperazine rings is 1. The third kappa shape index (κ3) is 6.30. The smallest absolute Gasteiger partial charge is 0.245 e. The lowest BCUT2D eigenvalue weighted by Crippen LogP contribution is -2.54. The number of benzene rings is 1. The number of amides is 2. The summed E-state index contributed by atoms with van der Waals surface area (Å²) in [5.41, 5.74) is 2.49. The van der Waals surface area contributed by atoms with Crippen LogP contribution in [-0.2, 0) is 9.59 Å². The molecule has 160 valence electrons. The molecule has 5 nitrogen and oxygen atoms in total. The molecule has 3 rings (SSSR count). The molecule has 2 amide bonds. The van der Waals surface area contributed by atoms with Gasteiger partial charge in [0.15, 0.2) is 0 Å². The lowest BCUT2D eigenvalue weighted by Gasteiger charge is -2.35. The average Bonchev–Trinajstić information content (AvgIpc) is 3.51. The summed E-state index contributed by atoms with van der Waals surface area (Å²) in [6.07, 6.45) is 3.55. The van der Waals surface area contributed by atoms with Gasteiger partial charge in [0.25, 0.3) is 0 Å². The molecule has 0 aromatic heterocycles. The Kier molecular flexibility index (Phi) is 7.33. The van der Waals surface area contributed by atoms with Gasteiger partial charge >= 0.3 is 0 Å². The number of carbonyl (C=O) groups excluding carboxylic acids is 2. The van der Waals surface area contributed by atoms with Crippen molar-refractivity contribution in [2.24, 2.45) is 11.8 Å². The number of rotatable bonds is 8. The van der Waals surface area contributed by atoms with E-state index in [1.165, 1.54) is 24.0 Å². The second kappa shape index (κ2) is 9.75. The molecule has 1 aliphatic carbocycles. The van der Waals surface area contributed by atoms with E-state index in [4.69, 9.17) is 0 Å². The molecule has 5 heteroatoms. The molecule has 1 aromatic rings. The summed E-state index contributed by atoms with van der Waals surface area (Å²) >= 11 is 0. The number of nitrogens with one attached hydrogen (secondary N) is 1. The van der Waals surface area contributed by atoms with E-state index in [-0.39, 0.29) is 17.7 Å². The minimum absolute atomic E-state index is 0.00982. The van der Waals surface area contributed by atoms with Gasteiger partial charge in [-0.1, -0.05) is 43.7 Å². The van der Waals surface area contributed by atoms with E-state index in [1.54, 1.807) is 0 Å². The molecule has 0 spiro atoms. The highest BCUT2D eigenvalue weighted by atomic mass is 16.2. The van der Waals surface area contributed by atoms with E-state index in [0.29, 0.717) is 24.7 Å². The minimum atomic E-state index is -0.413. The maximum atomic E-state index is 13.1. The molecule has 1 heterocycles. The number of aryl methyl sites for hydroxylation is 1. The van der Waals surface area contributed by atoms with E-state index < -0.39 is 6.04 Å². The SMILES string of the molecule is Cc1ccc(C(CC(=O)N[C@@H](CC(C)C)C(=O)N2CCN(C)CC2)C2CC2)cc1. The van der Waals surface area contributed by atoms with Crippen molar-refractivity contribution in [2.45, 2.75) is 58.4 Å². The summed E-state index contributed by atoms with van der Waals surface area (Å²) in [5.74, 6) is 1.30. The molecule has 2 aliphatic rings. The Morgan fingerprint density at radius 2 is 1.69 bits per heavy atom.